The fourth-order valence-corrected chi connectivity index (χ4v) is 3.84. The Kier molecular flexibility index (Phi) is 6.57. The number of para-hydroxylation sites is 2. The zero-order valence-corrected chi connectivity index (χ0v) is 19.0. The number of nitrogens with one attached hydrogen (secondary N) is 1. The zero-order chi connectivity index (χ0) is 23.9. The van der Waals surface area contributed by atoms with Gasteiger partial charge in [0, 0.05) is 18.8 Å². The molecule has 35 heavy (non-hydrogen) atoms. The Labute approximate surface area is 203 Å². The lowest BCUT2D eigenvalue weighted by Crippen LogP contribution is -2.37. The first kappa shape index (κ1) is 22.0. The molecule has 172 valence electrons. The highest BCUT2D eigenvalue weighted by Gasteiger charge is 2.20. The summed E-state index contributed by atoms with van der Waals surface area (Å²) in [6, 6.07) is 36.6. The summed E-state index contributed by atoms with van der Waals surface area (Å²) < 4.78 is 1.63. The maximum Gasteiger partial charge on any atom is 0.348 e. The summed E-state index contributed by atoms with van der Waals surface area (Å²) in [6.07, 6.45) is 0. The van der Waals surface area contributed by atoms with Gasteiger partial charge in [-0.15, -0.1) is 5.10 Å². The Hall–Kier alpha value is -4.78. The van der Waals surface area contributed by atoms with Crippen molar-refractivity contribution in [1.29, 1.82) is 0 Å². The number of anilines is 1. The minimum atomic E-state index is -0.489. The van der Waals surface area contributed by atoms with Crippen molar-refractivity contribution in [3.8, 4) is 0 Å². The van der Waals surface area contributed by atoms with Crippen LogP contribution in [0.5, 0.6) is 0 Å². The molecule has 1 heterocycles. The SMILES string of the molecule is O=C(/N=C(\N(Cc1ccccc1)Cc1ccccc1)n1nnc2ccccc21)Nc1ccccc1. The number of carbonyl (C=O) groups excluding carboxylic acids is 1. The second kappa shape index (κ2) is 10.4. The molecule has 1 N–H and O–H groups in total. The molecule has 0 bridgehead atoms. The van der Waals surface area contributed by atoms with Gasteiger partial charge in [-0.1, -0.05) is 96.2 Å². The third-order valence-electron chi connectivity index (χ3n) is 5.48. The Morgan fingerprint density at radius 3 is 1.91 bits per heavy atom. The molecule has 0 unspecified atom stereocenters. The van der Waals surface area contributed by atoms with Crippen LogP contribution >= 0.6 is 0 Å². The molecule has 0 radical (unpaired) electrons. The van der Waals surface area contributed by atoms with Gasteiger partial charge in [0.25, 0.3) is 0 Å². The summed E-state index contributed by atoms with van der Waals surface area (Å²) in [5.74, 6) is 0.389. The largest absolute Gasteiger partial charge is 0.348 e. The molecule has 5 rings (SSSR count). The second-order valence-electron chi connectivity index (χ2n) is 8.03. The maximum atomic E-state index is 13.1. The molecule has 0 saturated heterocycles. The first-order chi connectivity index (χ1) is 17.3. The minimum absolute atomic E-state index is 0.389. The fourth-order valence-electron chi connectivity index (χ4n) is 3.84. The number of amides is 2. The zero-order valence-electron chi connectivity index (χ0n) is 19.0. The van der Waals surface area contributed by atoms with Gasteiger partial charge in [-0.25, -0.2) is 4.79 Å². The molecule has 0 aliphatic heterocycles. The van der Waals surface area contributed by atoms with Crippen LogP contribution in [0.3, 0.4) is 0 Å². The predicted molar refractivity (Wildman–Crippen MR) is 138 cm³/mol. The van der Waals surface area contributed by atoms with E-state index >= 15 is 0 Å². The van der Waals surface area contributed by atoms with E-state index < -0.39 is 6.03 Å². The third kappa shape index (κ3) is 5.42. The van der Waals surface area contributed by atoms with Crippen molar-refractivity contribution in [3.05, 3.63) is 126 Å². The van der Waals surface area contributed by atoms with E-state index in [9.17, 15) is 4.79 Å². The summed E-state index contributed by atoms with van der Waals surface area (Å²) in [6.45, 7) is 1.06. The number of rotatable bonds is 5. The molecule has 0 saturated carbocycles. The van der Waals surface area contributed by atoms with E-state index in [0.29, 0.717) is 24.7 Å². The molecule has 7 heteroatoms. The summed E-state index contributed by atoms with van der Waals surface area (Å²) in [5, 5.41) is 11.5. The molecule has 0 aliphatic rings. The first-order valence-corrected chi connectivity index (χ1v) is 11.3. The Bertz CT molecular complexity index is 1390. The van der Waals surface area contributed by atoms with Gasteiger partial charge in [0.2, 0.25) is 5.96 Å². The molecule has 0 fully saturated rings. The number of aliphatic imine (C=N–C) groups is 1. The normalized spacial score (nSPS) is 11.4. The van der Waals surface area contributed by atoms with Gasteiger partial charge in [0.15, 0.2) is 0 Å². The minimum Gasteiger partial charge on any atom is -0.332 e. The quantitative estimate of drug-likeness (QED) is 0.275. The van der Waals surface area contributed by atoms with E-state index in [-0.39, 0.29) is 0 Å². The highest BCUT2D eigenvalue weighted by atomic mass is 16.2. The van der Waals surface area contributed by atoms with Crippen molar-refractivity contribution < 1.29 is 4.79 Å². The predicted octanol–water partition coefficient (Wildman–Crippen LogP) is 5.57. The lowest BCUT2D eigenvalue weighted by atomic mass is 10.2. The van der Waals surface area contributed by atoms with E-state index in [1.54, 1.807) is 4.68 Å². The molecular weight excluding hydrogens is 436 g/mol. The monoisotopic (exact) mass is 460 g/mol. The van der Waals surface area contributed by atoms with Crippen LogP contribution in [0, 0.1) is 0 Å². The van der Waals surface area contributed by atoms with E-state index in [2.05, 4.69) is 44.9 Å². The highest BCUT2D eigenvalue weighted by Crippen LogP contribution is 2.17. The van der Waals surface area contributed by atoms with Gasteiger partial charge < -0.3 is 10.2 Å². The summed E-state index contributed by atoms with van der Waals surface area (Å²) in [4.78, 5) is 19.6. The van der Waals surface area contributed by atoms with Crippen LogP contribution in [0.4, 0.5) is 10.5 Å². The van der Waals surface area contributed by atoms with Crippen LogP contribution in [0.15, 0.2) is 120 Å². The van der Waals surface area contributed by atoms with Crippen molar-refractivity contribution in [3.63, 3.8) is 0 Å². The van der Waals surface area contributed by atoms with Crippen molar-refractivity contribution in [2.45, 2.75) is 13.1 Å². The van der Waals surface area contributed by atoms with Crippen molar-refractivity contribution in [2.24, 2.45) is 4.99 Å². The van der Waals surface area contributed by atoms with Crippen LogP contribution in [0.2, 0.25) is 0 Å². The lowest BCUT2D eigenvalue weighted by molar-refractivity contribution is 0.258. The molecule has 7 nitrogen and oxygen atoms in total. The fraction of sp³-hybridized carbons (Fsp3) is 0.0714. The molecule has 2 amide bonds. The summed E-state index contributed by atoms with van der Waals surface area (Å²) >= 11 is 0. The smallest absolute Gasteiger partial charge is 0.332 e. The third-order valence-corrected chi connectivity index (χ3v) is 5.48. The molecule has 0 spiro atoms. The van der Waals surface area contributed by atoms with Gasteiger partial charge in [-0.3, -0.25) is 0 Å². The van der Waals surface area contributed by atoms with Gasteiger partial charge in [0.1, 0.15) is 5.52 Å². The van der Waals surface area contributed by atoms with E-state index in [0.717, 1.165) is 22.2 Å². The van der Waals surface area contributed by atoms with Crippen molar-refractivity contribution >= 4 is 28.7 Å². The summed E-state index contributed by atoms with van der Waals surface area (Å²) in [5.41, 5.74) is 4.34. The Morgan fingerprint density at radius 2 is 1.29 bits per heavy atom. The Morgan fingerprint density at radius 1 is 0.743 bits per heavy atom. The summed E-state index contributed by atoms with van der Waals surface area (Å²) in [7, 11) is 0. The number of hydrogen-bond donors (Lipinski definition) is 1. The van der Waals surface area contributed by atoms with Gasteiger partial charge in [-0.2, -0.15) is 9.67 Å². The van der Waals surface area contributed by atoms with E-state index in [1.165, 1.54) is 0 Å². The molecule has 4 aromatic carbocycles. The van der Waals surface area contributed by atoms with Gasteiger partial charge in [-0.05, 0) is 35.4 Å². The van der Waals surface area contributed by atoms with E-state index in [1.807, 2.05) is 95.9 Å². The van der Waals surface area contributed by atoms with E-state index in [4.69, 9.17) is 0 Å². The number of fused-ring (bicyclic) bond motifs is 1. The molecule has 0 aliphatic carbocycles. The molecule has 0 atom stereocenters. The topological polar surface area (TPSA) is 75.4 Å². The van der Waals surface area contributed by atoms with Gasteiger partial charge in [0.05, 0.1) is 5.52 Å². The number of nitrogens with zero attached hydrogens (tertiary/aromatic N) is 5. The molecular formula is C28H24N6O. The standard InChI is InChI=1S/C28H24N6O/c35-27(29-24-16-8-3-9-17-24)30-28(34-26-19-11-10-18-25(26)31-32-34)33(20-22-12-4-1-5-13-22)21-23-14-6-2-7-15-23/h1-19H,20-21H2,(H,29,35)/b30-28+. The average Bonchev–Trinajstić information content (AvgIpc) is 3.33. The van der Waals surface area contributed by atoms with Crippen LogP contribution in [0.1, 0.15) is 11.1 Å². The number of carbonyl (C=O) groups is 1. The number of urea groups is 1. The van der Waals surface area contributed by atoms with Crippen LogP contribution < -0.4 is 5.32 Å². The lowest BCUT2D eigenvalue weighted by Gasteiger charge is -2.26. The van der Waals surface area contributed by atoms with Crippen molar-refractivity contribution in [1.82, 2.24) is 19.9 Å². The molecule has 1 aromatic heterocycles. The average molecular weight is 461 g/mol. The van der Waals surface area contributed by atoms with Crippen molar-refractivity contribution in [2.75, 3.05) is 5.32 Å². The maximum absolute atomic E-state index is 13.1. The van der Waals surface area contributed by atoms with Crippen LogP contribution in [-0.2, 0) is 13.1 Å². The highest BCUT2D eigenvalue weighted by molar-refractivity contribution is 6.01. The first-order valence-electron chi connectivity index (χ1n) is 11.3. The van der Waals surface area contributed by atoms with Gasteiger partial charge >= 0.3 is 6.03 Å². The second-order valence-corrected chi connectivity index (χ2v) is 8.03. The van der Waals surface area contributed by atoms with Crippen LogP contribution in [-0.4, -0.2) is 31.9 Å². The number of aromatic nitrogens is 3. The molecule has 5 aromatic rings. The Balaban J connectivity index is 1.59. The van der Waals surface area contributed by atoms with Crippen LogP contribution in [0.25, 0.3) is 11.0 Å². The number of benzene rings is 4. The number of hydrogen-bond acceptors (Lipinski definition) is 3.